The zero-order chi connectivity index (χ0) is 19.2. The maximum atomic E-state index is 12.3. The molecule has 2 aromatic rings. The van der Waals surface area contributed by atoms with E-state index in [1.165, 1.54) is 39.3 Å². The summed E-state index contributed by atoms with van der Waals surface area (Å²) < 4.78 is 0.901. The minimum Gasteiger partial charge on any atom is -0.356 e. The molecule has 0 spiro atoms. The smallest absolute Gasteiger partial charge is 0.261 e. The van der Waals surface area contributed by atoms with Crippen LogP contribution in [0.15, 0.2) is 24.3 Å². The molecule has 0 bridgehead atoms. The van der Waals surface area contributed by atoms with Gasteiger partial charge in [-0.15, -0.1) is 22.7 Å². The first kappa shape index (κ1) is 20.8. The van der Waals surface area contributed by atoms with E-state index in [0.717, 1.165) is 35.2 Å². The lowest BCUT2D eigenvalue weighted by Crippen LogP contribution is -2.26. The number of nitrogens with one attached hydrogen (secondary N) is 2. The molecule has 2 aromatic heterocycles. The highest BCUT2D eigenvalue weighted by molar-refractivity contribution is 14.1. The number of nitrogens with zero attached hydrogens (tertiary/aromatic N) is 1. The lowest BCUT2D eigenvalue weighted by molar-refractivity contribution is 0.0959. The number of carbonyl (C=O) groups excluding carboxylic acids is 2. The maximum Gasteiger partial charge on any atom is 0.261 e. The van der Waals surface area contributed by atoms with Crippen molar-refractivity contribution in [2.24, 2.45) is 0 Å². The van der Waals surface area contributed by atoms with Gasteiger partial charge in [0.2, 0.25) is 5.12 Å². The molecule has 0 radical (unpaired) electrons. The molecule has 0 saturated carbocycles. The molecule has 5 nitrogen and oxygen atoms in total. The van der Waals surface area contributed by atoms with Crippen LogP contribution in [-0.2, 0) is 4.43 Å². The molecule has 9 heteroatoms. The third-order valence-electron chi connectivity index (χ3n) is 4.10. The summed E-state index contributed by atoms with van der Waals surface area (Å²) in [7, 11) is 0. The van der Waals surface area contributed by atoms with Crippen molar-refractivity contribution in [1.29, 1.82) is 5.41 Å². The lowest BCUT2D eigenvalue weighted by Gasteiger charge is -2.16. The summed E-state index contributed by atoms with van der Waals surface area (Å²) in [5, 5.41) is 11.1. The van der Waals surface area contributed by atoms with Crippen LogP contribution in [0.5, 0.6) is 0 Å². The molecular weight excluding hydrogens is 513 g/mol. The number of carbonyl (C=O) groups is 2. The molecule has 1 amide bonds. The standard InChI is InChI=1S/C18H20IN3O2S3/c19-11-12-3-4-14(26-12)17(23)21-7-10-25-18(24)15-6-5-13(27-15)16(20)22-8-1-2-9-22/h3-6,20H,1-2,7-11H2,(H,21,23). The maximum absolute atomic E-state index is 12.3. The number of thiophene rings is 2. The van der Waals surface area contributed by atoms with Crippen molar-refractivity contribution in [1.82, 2.24) is 10.2 Å². The molecule has 0 unspecified atom stereocenters. The average Bonchev–Trinajstić information content (AvgIpc) is 3.44. The number of hydrogen-bond acceptors (Lipinski definition) is 6. The van der Waals surface area contributed by atoms with Crippen LogP contribution in [0.2, 0.25) is 0 Å². The molecule has 1 saturated heterocycles. The molecule has 0 aromatic carbocycles. The normalized spacial score (nSPS) is 13.7. The van der Waals surface area contributed by atoms with Crippen molar-refractivity contribution in [3.05, 3.63) is 43.8 Å². The van der Waals surface area contributed by atoms with Crippen molar-refractivity contribution in [2.75, 3.05) is 25.4 Å². The Morgan fingerprint density at radius 3 is 2.52 bits per heavy atom. The highest BCUT2D eigenvalue weighted by Crippen LogP contribution is 2.24. The summed E-state index contributed by atoms with van der Waals surface area (Å²) in [6.07, 6.45) is 2.26. The topological polar surface area (TPSA) is 73.3 Å². The molecule has 0 atom stereocenters. The van der Waals surface area contributed by atoms with Crippen molar-refractivity contribution >= 4 is 73.9 Å². The molecular formula is C18H20IN3O2S3. The molecule has 1 aliphatic rings. The lowest BCUT2D eigenvalue weighted by atomic mass is 10.4. The van der Waals surface area contributed by atoms with Gasteiger partial charge in [0.1, 0.15) is 5.84 Å². The monoisotopic (exact) mass is 533 g/mol. The Morgan fingerprint density at radius 2 is 1.81 bits per heavy atom. The van der Waals surface area contributed by atoms with Gasteiger partial charge >= 0.3 is 0 Å². The number of amides is 1. The van der Waals surface area contributed by atoms with Crippen molar-refractivity contribution in [2.45, 2.75) is 17.3 Å². The van der Waals surface area contributed by atoms with Crippen molar-refractivity contribution in [3.8, 4) is 0 Å². The second-order valence-electron chi connectivity index (χ2n) is 6.00. The molecule has 3 rings (SSSR count). The van der Waals surface area contributed by atoms with Crippen LogP contribution in [-0.4, -0.2) is 47.1 Å². The summed E-state index contributed by atoms with van der Waals surface area (Å²) in [5.41, 5.74) is 0. The second kappa shape index (κ2) is 10.0. The third-order valence-corrected chi connectivity index (χ3v) is 8.63. The summed E-state index contributed by atoms with van der Waals surface area (Å²) >= 11 is 6.37. The van der Waals surface area contributed by atoms with Crippen LogP contribution >= 0.6 is 57.0 Å². The summed E-state index contributed by atoms with van der Waals surface area (Å²) in [4.78, 5) is 29.9. The second-order valence-corrected chi connectivity index (χ2v) is 10.1. The van der Waals surface area contributed by atoms with Crippen LogP contribution in [0.3, 0.4) is 0 Å². The number of thioether (sulfide) groups is 1. The Morgan fingerprint density at radius 1 is 1.11 bits per heavy atom. The Balaban J connectivity index is 1.43. The molecule has 1 fully saturated rings. The largest absolute Gasteiger partial charge is 0.356 e. The van der Waals surface area contributed by atoms with Crippen LogP contribution < -0.4 is 5.32 Å². The quantitative estimate of drug-likeness (QED) is 0.181. The first-order chi connectivity index (χ1) is 13.1. The Bertz CT molecular complexity index is 827. The van der Waals surface area contributed by atoms with E-state index < -0.39 is 0 Å². The van der Waals surface area contributed by atoms with E-state index in [9.17, 15) is 9.59 Å². The van der Waals surface area contributed by atoms with Crippen LogP contribution in [0, 0.1) is 5.41 Å². The number of likely N-dealkylation sites (tertiary alicyclic amines) is 1. The molecule has 0 aliphatic carbocycles. The summed E-state index contributed by atoms with van der Waals surface area (Å²) in [6, 6.07) is 7.48. The first-order valence-electron chi connectivity index (χ1n) is 8.62. The van der Waals surface area contributed by atoms with Gasteiger partial charge in [0.05, 0.1) is 14.6 Å². The van der Waals surface area contributed by atoms with Gasteiger partial charge in [-0.3, -0.25) is 15.0 Å². The highest BCUT2D eigenvalue weighted by atomic mass is 127. The zero-order valence-corrected chi connectivity index (χ0v) is 19.2. The van der Waals surface area contributed by atoms with Gasteiger partial charge in [-0.05, 0) is 37.1 Å². The average molecular weight is 533 g/mol. The number of amidine groups is 1. The number of halogens is 1. The fourth-order valence-corrected chi connectivity index (χ4v) is 5.92. The fraction of sp³-hybridized carbons (Fsp3) is 0.389. The third kappa shape index (κ3) is 5.55. The molecule has 3 heterocycles. The van der Waals surface area contributed by atoms with E-state index in [1.54, 1.807) is 6.07 Å². The van der Waals surface area contributed by atoms with Crippen molar-refractivity contribution in [3.63, 3.8) is 0 Å². The molecule has 27 heavy (non-hydrogen) atoms. The SMILES string of the molecule is N=C(c1ccc(C(=O)SCCNC(=O)c2ccc(CI)s2)s1)N1CCCC1. The minimum atomic E-state index is -0.0818. The highest BCUT2D eigenvalue weighted by Gasteiger charge is 2.19. The Kier molecular flexibility index (Phi) is 7.74. The predicted octanol–water partition coefficient (Wildman–Crippen LogP) is 4.47. The molecule has 2 N–H and O–H groups in total. The van der Waals surface area contributed by atoms with Gasteiger partial charge in [-0.2, -0.15) is 0 Å². The van der Waals surface area contributed by atoms with E-state index in [0.29, 0.717) is 27.9 Å². The van der Waals surface area contributed by atoms with Gasteiger partial charge in [-0.1, -0.05) is 34.4 Å². The van der Waals surface area contributed by atoms with Gasteiger partial charge < -0.3 is 10.2 Å². The number of alkyl halides is 1. The predicted molar refractivity (Wildman–Crippen MR) is 123 cm³/mol. The summed E-state index contributed by atoms with van der Waals surface area (Å²) in [5.74, 6) is 0.976. The van der Waals surface area contributed by atoms with E-state index in [2.05, 4.69) is 32.8 Å². The van der Waals surface area contributed by atoms with E-state index in [-0.39, 0.29) is 11.0 Å². The Labute approximate surface area is 184 Å². The molecule has 1 aliphatic heterocycles. The van der Waals surface area contributed by atoms with Gasteiger partial charge in [0, 0.05) is 34.7 Å². The number of hydrogen-bond donors (Lipinski definition) is 2. The number of rotatable bonds is 7. The van der Waals surface area contributed by atoms with Crippen LogP contribution in [0.25, 0.3) is 0 Å². The van der Waals surface area contributed by atoms with Gasteiger partial charge in [0.15, 0.2) is 0 Å². The fourth-order valence-electron chi connectivity index (χ4n) is 2.71. The first-order valence-corrected chi connectivity index (χ1v) is 12.8. The van der Waals surface area contributed by atoms with E-state index in [1.807, 2.05) is 18.2 Å². The van der Waals surface area contributed by atoms with Gasteiger partial charge in [0.25, 0.3) is 5.91 Å². The molecule has 144 valence electrons. The van der Waals surface area contributed by atoms with E-state index >= 15 is 0 Å². The minimum absolute atomic E-state index is 0.00181. The van der Waals surface area contributed by atoms with Crippen LogP contribution in [0.4, 0.5) is 0 Å². The Hall–Kier alpha value is -0.910. The van der Waals surface area contributed by atoms with Crippen LogP contribution in [0.1, 0.15) is 41.9 Å². The van der Waals surface area contributed by atoms with Gasteiger partial charge in [-0.25, -0.2) is 0 Å². The summed E-state index contributed by atoms with van der Waals surface area (Å²) in [6.45, 7) is 2.31. The van der Waals surface area contributed by atoms with E-state index in [4.69, 9.17) is 5.41 Å². The zero-order valence-electron chi connectivity index (χ0n) is 14.6. The van der Waals surface area contributed by atoms with Crippen molar-refractivity contribution < 1.29 is 9.59 Å².